The summed E-state index contributed by atoms with van der Waals surface area (Å²) in [4.78, 5) is 40.9. The van der Waals surface area contributed by atoms with Crippen molar-refractivity contribution in [2.75, 3.05) is 17.7 Å². The Morgan fingerprint density at radius 1 is 1.14 bits per heavy atom. The number of carbonyl (C=O) groups excluding carboxylic acids is 3. The van der Waals surface area contributed by atoms with Gasteiger partial charge in [-0.2, -0.15) is 4.37 Å². The van der Waals surface area contributed by atoms with E-state index in [1.165, 1.54) is 36.3 Å². The Bertz CT molecular complexity index is 1290. The summed E-state index contributed by atoms with van der Waals surface area (Å²) in [6, 6.07) is 10.8. The SMILES string of the molecule is COc1cccc(N(C(=O)c2snc(C(N)=O)c2N)C(C(=O)NC2CCCCC2)c2ccc(F)cc2)c1. The third-order valence-corrected chi connectivity index (χ3v) is 7.20. The minimum atomic E-state index is -1.18. The summed E-state index contributed by atoms with van der Waals surface area (Å²) < 4.78 is 23.1. The van der Waals surface area contributed by atoms with Crippen LogP contribution in [0.3, 0.4) is 0 Å². The number of nitrogens with two attached hydrogens (primary N) is 2. The van der Waals surface area contributed by atoms with E-state index in [0.717, 1.165) is 43.6 Å². The van der Waals surface area contributed by atoms with E-state index in [-0.39, 0.29) is 22.3 Å². The molecule has 194 valence electrons. The van der Waals surface area contributed by atoms with E-state index < -0.39 is 29.6 Å². The highest BCUT2D eigenvalue weighted by Gasteiger charge is 2.37. The molecule has 1 atom stereocenters. The Morgan fingerprint density at radius 2 is 1.84 bits per heavy atom. The lowest BCUT2D eigenvalue weighted by Gasteiger charge is -2.33. The van der Waals surface area contributed by atoms with E-state index in [1.54, 1.807) is 24.3 Å². The van der Waals surface area contributed by atoms with E-state index in [9.17, 15) is 18.8 Å². The first-order chi connectivity index (χ1) is 17.8. The molecule has 1 fully saturated rings. The molecule has 9 nitrogen and oxygen atoms in total. The second-order valence-electron chi connectivity index (χ2n) is 8.81. The quantitative estimate of drug-likeness (QED) is 0.408. The summed E-state index contributed by atoms with van der Waals surface area (Å²) in [5.41, 5.74) is 11.8. The molecule has 0 aliphatic heterocycles. The van der Waals surface area contributed by atoms with Crippen LogP contribution in [-0.2, 0) is 4.79 Å². The molecule has 0 spiro atoms. The molecule has 1 heterocycles. The summed E-state index contributed by atoms with van der Waals surface area (Å²) in [5.74, 6) is -1.98. The van der Waals surface area contributed by atoms with Gasteiger partial charge in [0.2, 0.25) is 5.91 Å². The summed E-state index contributed by atoms with van der Waals surface area (Å²) >= 11 is 0.718. The van der Waals surface area contributed by atoms with Crippen molar-refractivity contribution in [3.8, 4) is 5.75 Å². The highest BCUT2D eigenvalue weighted by atomic mass is 32.1. The zero-order valence-corrected chi connectivity index (χ0v) is 21.1. The Labute approximate surface area is 217 Å². The largest absolute Gasteiger partial charge is 0.497 e. The lowest BCUT2D eigenvalue weighted by Crippen LogP contribution is -2.47. The minimum absolute atomic E-state index is 0.0404. The third-order valence-electron chi connectivity index (χ3n) is 6.35. The van der Waals surface area contributed by atoms with Crippen molar-refractivity contribution in [2.24, 2.45) is 5.73 Å². The maximum Gasteiger partial charge on any atom is 0.273 e. The number of rotatable bonds is 8. The number of methoxy groups -OCH3 is 1. The van der Waals surface area contributed by atoms with E-state index in [1.807, 2.05) is 0 Å². The van der Waals surface area contributed by atoms with Gasteiger partial charge < -0.3 is 21.5 Å². The Hall–Kier alpha value is -3.99. The summed E-state index contributed by atoms with van der Waals surface area (Å²) in [6.45, 7) is 0. The van der Waals surface area contributed by atoms with Crippen LogP contribution in [0.5, 0.6) is 5.75 Å². The van der Waals surface area contributed by atoms with Gasteiger partial charge in [-0.1, -0.05) is 37.5 Å². The first-order valence-corrected chi connectivity index (χ1v) is 12.7. The van der Waals surface area contributed by atoms with Crippen molar-refractivity contribution >= 4 is 40.6 Å². The van der Waals surface area contributed by atoms with Crippen molar-refractivity contribution in [3.05, 3.63) is 70.5 Å². The molecule has 1 aliphatic carbocycles. The number of halogens is 1. The second-order valence-corrected chi connectivity index (χ2v) is 9.59. The smallest absolute Gasteiger partial charge is 0.273 e. The lowest BCUT2D eigenvalue weighted by molar-refractivity contribution is -0.123. The monoisotopic (exact) mass is 525 g/mol. The summed E-state index contributed by atoms with van der Waals surface area (Å²) in [7, 11) is 1.48. The maximum atomic E-state index is 14.0. The first kappa shape index (κ1) is 26.1. The molecule has 11 heteroatoms. The van der Waals surface area contributed by atoms with Crippen LogP contribution in [0.15, 0.2) is 48.5 Å². The van der Waals surface area contributed by atoms with Crippen LogP contribution >= 0.6 is 11.5 Å². The van der Waals surface area contributed by atoms with Crippen molar-refractivity contribution in [1.82, 2.24) is 9.69 Å². The van der Waals surface area contributed by atoms with Crippen LogP contribution in [0.4, 0.5) is 15.8 Å². The zero-order chi connectivity index (χ0) is 26.5. The van der Waals surface area contributed by atoms with Gasteiger partial charge in [-0.3, -0.25) is 19.3 Å². The van der Waals surface area contributed by atoms with E-state index in [0.29, 0.717) is 17.0 Å². The number of hydrogen-bond acceptors (Lipinski definition) is 7. The Morgan fingerprint density at radius 3 is 2.46 bits per heavy atom. The fourth-order valence-corrected chi connectivity index (χ4v) is 5.21. The number of hydrogen-bond donors (Lipinski definition) is 3. The molecule has 3 amide bonds. The van der Waals surface area contributed by atoms with Gasteiger partial charge in [-0.05, 0) is 54.2 Å². The number of anilines is 2. The number of benzene rings is 2. The number of amides is 3. The third kappa shape index (κ3) is 5.72. The molecular formula is C26H28FN5O4S. The van der Waals surface area contributed by atoms with Gasteiger partial charge in [0.1, 0.15) is 22.5 Å². The molecule has 1 unspecified atom stereocenters. The molecule has 1 aliphatic rings. The predicted octanol–water partition coefficient (Wildman–Crippen LogP) is 3.81. The fourth-order valence-electron chi connectivity index (χ4n) is 4.47. The molecule has 0 saturated heterocycles. The van der Waals surface area contributed by atoms with Crippen molar-refractivity contribution in [1.29, 1.82) is 0 Å². The van der Waals surface area contributed by atoms with Crippen LogP contribution in [0.25, 0.3) is 0 Å². The number of nitrogen functional groups attached to an aromatic ring is 1. The summed E-state index contributed by atoms with van der Waals surface area (Å²) in [6.07, 6.45) is 4.77. The van der Waals surface area contributed by atoms with Crippen LogP contribution in [-0.4, -0.2) is 35.2 Å². The van der Waals surface area contributed by atoms with Gasteiger partial charge >= 0.3 is 0 Å². The molecular weight excluding hydrogens is 497 g/mol. The van der Waals surface area contributed by atoms with Gasteiger partial charge in [0.25, 0.3) is 11.8 Å². The Kier molecular flexibility index (Phi) is 8.02. The molecule has 0 bridgehead atoms. The number of primary amides is 1. The molecule has 5 N–H and O–H groups in total. The normalized spacial score (nSPS) is 14.5. The van der Waals surface area contributed by atoms with Crippen molar-refractivity contribution in [3.63, 3.8) is 0 Å². The zero-order valence-electron chi connectivity index (χ0n) is 20.3. The number of nitrogens with one attached hydrogen (secondary N) is 1. The van der Waals surface area contributed by atoms with Crippen molar-refractivity contribution in [2.45, 2.75) is 44.2 Å². The first-order valence-electron chi connectivity index (χ1n) is 11.9. The molecule has 3 aromatic rings. The Balaban J connectivity index is 1.85. The maximum absolute atomic E-state index is 14.0. The minimum Gasteiger partial charge on any atom is -0.497 e. The average Bonchev–Trinajstić information content (AvgIpc) is 3.29. The van der Waals surface area contributed by atoms with Crippen LogP contribution < -0.4 is 26.4 Å². The number of aromatic nitrogens is 1. The highest BCUT2D eigenvalue weighted by molar-refractivity contribution is 7.09. The van der Waals surface area contributed by atoms with Crippen molar-refractivity contribution < 1.29 is 23.5 Å². The summed E-state index contributed by atoms with van der Waals surface area (Å²) in [5, 5.41) is 3.08. The van der Waals surface area contributed by atoms with E-state index >= 15 is 0 Å². The average molecular weight is 526 g/mol. The molecule has 2 aromatic carbocycles. The molecule has 1 saturated carbocycles. The lowest BCUT2D eigenvalue weighted by atomic mass is 9.94. The van der Waals surface area contributed by atoms with Gasteiger partial charge in [0.05, 0.1) is 12.8 Å². The van der Waals surface area contributed by atoms with Gasteiger partial charge in [0.15, 0.2) is 5.69 Å². The van der Waals surface area contributed by atoms with Gasteiger partial charge in [-0.15, -0.1) is 0 Å². The van der Waals surface area contributed by atoms with Gasteiger partial charge in [0, 0.05) is 17.8 Å². The molecule has 0 radical (unpaired) electrons. The standard InChI is InChI=1S/C26H28FN5O4S/c1-36-19-9-5-8-18(14-19)32(26(35)23-20(28)21(24(29)33)31-37-23)22(15-10-12-16(27)13-11-15)25(34)30-17-6-3-2-4-7-17/h5,8-14,17,22H,2-4,6-7,28H2,1H3,(H2,29,33)(H,30,34). The molecule has 37 heavy (non-hydrogen) atoms. The van der Waals surface area contributed by atoms with E-state index in [4.69, 9.17) is 16.2 Å². The van der Waals surface area contributed by atoms with Crippen LogP contribution in [0, 0.1) is 5.82 Å². The van der Waals surface area contributed by atoms with E-state index in [2.05, 4.69) is 9.69 Å². The number of nitrogens with zero attached hydrogens (tertiary/aromatic N) is 2. The van der Waals surface area contributed by atoms with Crippen LogP contribution in [0.1, 0.15) is 63.9 Å². The fraction of sp³-hybridized carbons (Fsp3) is 0.308. The van der Waals surface area contributed by atoms with Crippen LogP contribution in [0.2, 0.25) is 0 Å². The molecule has 1 aromatic heterocycles. The predicted molar refractivity (Wildman–Crippen MR) is 139 cm³/mol. The number of carbonyl (C=O) groups is 3. The topological polar surface area (TPSA) is 141 Å². The molecule has 4 rings (SSSR count). The number of ether oxygens (including phenoxy) is 1. The second kappa shape index (κ2) is 11.4. The van der Waals surface area contributed by atoms with Gasteiger partial charge in [-0.25, -0.2) is 4.39 Å². The highest BCUT2D eigenvalue weighted by Crippen LogP contribution is 2.35.